The van der Waals surface area contributed by atoms with Crippen LogP contribution in [0.2, 0.25) is 0 Å². The van der Waals surface area contributed by atoms with Crippen molar-refractivity contribution >= 4 is 12.1 Å². The number of phenols is 1. The van der Waals surface area contributed by atoms with Gasteiger partial charge in [-0.1, -0.05) is 0 Å². The van der Waals surface area contributed by atoms with Gasteiger partial charge in [0.15, 0.2) is 6.04 Å². The highest BCUT2D eigenvalue weighted by Gasteiger charge is 2.26. The van der Waals surface area contributed by atoms with Gasteiger partial charge in [-0.25, -0.2) is 14.0 Å². The van der Waals surface area contributed by atoms with Gasteiger partial charge in [-0.3, -0.25) is 0 Å². The summed E-state index contributed by atoms with van der Waals surface area (Å²) in [5, 5.41) is 20.5. The lowest BCUT2D eigenvalue weighted by Crippen LogP contribution is -2.38. The lowest BCUT2D eigenvalue weighted by molar-refractivity contribution is -0.139. The smallest absolute Gasteiger partial charge is 0.408 e. The van der Waals surface area contributed by atoms with Crippen LogP contribution in [-0.2, 0) is 9.53 Å². The van der Waals surface area contributed by atoms with Crippen molar-refractivity contribution in [1.82, 2.24) is 5.32 Å². The Morgan fingerprint density at radius 3 is 2.35 bits per heavy atom. The van der Waals surface area contributed by atoms with E-state index >= 15 is 0 Å². The Bertz CT molecular complexity index is 504. The van der Waals surface area contributed by atoms with E-state index in [9.17, 15) is 19.1 Å². The molecule has 1 aromatic rings. The Balaban J connectivity index is 2.95. The molecule has 0 spiro atoms. The topological polar surface area (TPSA) is 95.9 Å². The van der Waals surface area contributed by atoms with Gasteiger partial charge in [-0.05, 0) is 38.5 Å². The van der Waals surface area contributed by atoms with Gasteiger partial charge in [0.05, 0.1) is 0 Å². The molecular formula is C13H16FNO5. The number of carbonyl (C=O) groups excluding carboxylic acids is 1. The number of aliphatic carboxylic acids is 1. The zero-order valence-corrected chi connectivity index (χ0v) is 11.3. The Kier molecular flexibility index (Phi) is 4.54. The zero-order chi connectivity index (χ0) is 15.5. The first-order valence-electron chi connectivity index (χ1n) is 5.80. The summed E-state index contributed by atoms with van der Waals surface area (Å²) in [6, 6.07) is 1.27. The predicted molar refractivity (Wildman–Crippen MR) is 67.8 cm³/mol. The van der Waals surface area contributed by atoms with Crippen LogP contribution >= 0.6 is 0 Å². The highest BCUT2D eigenvalue weighted by atomic mass is 19.1. The summed E-state index contributed by atoms with van der Waals surface area (Å²) in [4.78, 5) is 22.7. The van der Waals surface area contributed by atoms with Gasteiger partial charge >= 0.3 is 12.1 Å². The average molecular weight is 285 g/mol. The molecule has 7 heteroatoms. The second kappa shape index (κ2) is 5.77. The first-order valence-corrected chi connectivity index (χ1v) is 5.80. The molecule has 1 unspecified atom stereocenters. The van der Waals surface area contributed by atoms with Gasteiger partial charge < -0.3 is 20.3 Å². The van der Waals surface area contributed by atoms with Crippen molar-refractivity contribution in [1.29, 1.82) is 0 Å². The minimum absolute atomic E-state index is 0.0964. The van der Waals surface area contributed by atoms with Crippen LogP contribution in [0.5, 0.6) is 5.75 Å². The number of rotatable bonds is 3. The Morgan fingerprint density at radius 1 is 1.30 bits per heavy atom. The van der Waals surface area contributed by atoms with Crippen LogP contribution in [0, 0.1) is 5.82 Å². The summed E-state index contributed by atoms with van der Waals surface area (Å²) in [5.41, 5.74) is -0.891. The number of nitrogens with one attached hydrogen (secondary N) is 1. The maximum Gasteiger partial charge on any atom is 0.408 e. The van der Waals surface area contributed by atoms with Crippen LogP contribution in [0.15, 0.2) is 18.2 Å². The molecule has 0 aromatic heterocycles. The number of halogens is 1. The third kappa shape index (κ3) is 4.75. The van der Waals surface area contributed by atoms with Gasteiger partial charge in [-0.2, -0.15) is 0 Å². The Hall–Kier alpha value is -2.31. The maximum absolute atomic E-state index is 13.2. The first kappa shape index (κ1) is 15.7. The number of hydrogen-bond acceptors (Lipinski definition) is 4. The second-order valence-corrected chi connectivity index (χ2v) is 5.16. The molecule has 0 bridgehead atoms. The molecule has 1 amide bonds. The van der Waals surface area contributed by atoms with Gasteiger partial charge in [0, 0.05) is 6.07 Å². The molecule has 0 aliphatic carbocycles. The fourth-order valence-electron chi connectivity index (χ4n) is 1.48. The number of ether oxygens (including phenoxy) is 1. The molecule has 0 fully saturated rings. The van der Waals surface area contributed by atoms with E-state index in [-0.39, 0.29) is 5.56 Å². The van der Waals surface area contributed by atoms with Crippen molar-refractivity contribution in [2.45, 2.75) is 32.4 Å². The zero-order valence-electron chi connectivity index (χ0n) is 11.3. The molecule has 1 rings (SSSR count). The highest BCUT2D eigenvalue weighted by Crippen LogP contribution is 2.21. The monoisotopic (exact) mass is 285 g/mol. The molecule has 110 valence electrons. The van der Waals surface area contributed by atoms with Crippen LogP contribution < -0.4 is 5.32 Å². The van der Waals surface area contributed by atoms with Crippen LogP contribution in [0.25, 0.3) is 0 Å². The van der Waals surface area contributed by atoms with E-state index < -0.39 is 35.3 Å². The molecule has 0 saturated heterocycles. The summed E-state index contributed by atoms with van der Waals surface area (Å²) >= 11 is 0. The molecule has 0 aliphatic heterocycles. The van der Waals surface area contributed by atoms with E-state index in [2.05, 4.69) is 5.32 Å². The number of aromatic hydroxyl groups is 1. The third-order valence-electron chi connectivity index (χ3n) is 2.15. The Morgan fingerprint density at radius 2 is 1.90 bits per heavy atom. The molecule has 0 aliphatic rings. The summed E-state index contributed by atoms with van der Waals surface area (Å²) in [5.74, 6) is -2.64. The summed E-state index contributed by atoms with van der Waals surface area (Å²) < 4.78 is 18.1. The van der Waals surface area contributed by atoms with Gasteiger partial charge in [-0.15, -0.1) is 0 Å². The van der Waals surface area contributed by atoms with E-state index in [1.54, 1.807) is 20.8 Å². The standard InChI is InChI=1S/C13H16FNO5/c1-13(2,3)20-12(19)15-10(11(17)18)7-4-8(14)6-9(16)5-7/h4-6,10,16H,1-3H3,(H,15,19)(H,17,18). The lowest BCUT2D eigenvalue weighted by atomic mass is 10.1. The third-order valence-corrected chi connectivity index (χ3v) is 2.15. The fraction of sp³-hybridized carbons (Fsp3) is 0.385. The molecule has 20 heavy (non-hydrogen) atoms. The van der Waals surface area contributed by atoms with Crippen LogP contribution in [0.3, 0.4) is 0 Å². The minimum Gasteiger partial charge on any atom is -0.508 e. The predicted octanol–water partition coefficient (Wildman–Crippen LogP) is 2.18. The number of benzene rings is 1. The summed E-state index contributed by atoms with van der Waals surface area (Å²) in [6.07, 6.45) is -0.950. The number of alkyl carbamates (subject to hydrolysis) is 1. The average Bonchev–Trinajstić information content (AvgIpc) is 2.21. The van der Waals surface area contributed by atoms with E-state index in [0.717, 1.165) is 18.2 Å². The van der Waals surface area contributed by atoms with E-state index in [0.29, 0.717) is 0 Å². The minimum atomic E-state index is -1.52. The van der Waals surface area contributed by atoms with E-state index in [1.807, 2.05) is 0 Å². The van der Waals surface area contributed by atoms with Crippen molar-refractivity contribution < 1.29 is 28.9 Å². The molecule has 1 aromatic carbocycles. The van der Waals surface area contributed by atoms with Crippen molar-refractivity contribution in [2.75, 3.05) is 0 Å². The SMILES string of the molecule is CC(C)(C)OC(=O)NC(C(=O)O)c1cc(O)cc(F)c1. The first-order chi connectivity index (χ1) is 9.08. The van der Waals surface area contributed by atoms with Crippen molar-refractivity contribution in [3.63, 3.8) is 0 Å². The fourth-order valence-corrected chi connectivity index (χ4v) is 1.48. The maximum atomic E-state index is 13.2. The van der Waals surface area contributed by atoms with Crippen LogP contribution in [0.4, 0.5) is 9.18 Å². The summed E-state index contributed by atoms with van der Waals surface area (Å²) in [7, 11) is 0. The summed E-state index contributed by atoms with van der Waals surface area (Å²) in [6.45, 7) is 4.86. The number of hydrogen-bond donors (Lipinski definition) is 3. The van der Waals surface area contributed by atoms with Crippen LogP contribution in [-0.4, -0.2) is 27.9 Å². The van der Waals surface area contributed by atoms with Crippen molar-refractivity contribution in [3.05, 3.63) is 29.6 Å². The van der Waals surface area contributed by atoms with Crippen LogP contribution in [0.1, 0.15) is 32.4 Å². The van der Waals surface area contributed by atoms with E-state index in [1.165, 1.54) is 0 Å². The number of carbonyl (C=O) groups is 2. The van der Waals surface area contributed by atoms with Gasteiger partial charge in [0.25, 0.3) is 0 Å². The number of phenolic OH excluding ortho intramolecular Hbond substituents is 1. The second-order valence-electron chi connectivity index (χ2n) is 5.16. The van der Waals surface area contributed by atoms with Crippen molar-refractivity contribution in [2.24, 2.45) is 0 Å². The molecule has 0 saturated carbocycles. The largest absolute Gasteiger partial charge is 0.508 e. The molecule has 3 N–H and O–H groups in total. The Labute approximate surface area is 115 Å². The molecule has 0 heterocycles. The van der Waals surface area contributed by atoms with E-state index in [4.69, 9.17) is 9.84 Å². The highest BCUT2D eigenvalue weighted by molar-refractivity contribution is 5.81. The molecular weight excluding hydrogens is 269 g/mol. The normalized spacial score (nSPS) is 12.6. The molecule has 6 nitrogen and oxygen atoms in total. The number of amides is 1. The quantitative estimate of drug-likeness (QED) is 0.791. The van der Waals surface area contributed by atoms with Gasteiger partial charge in [0.1, 0.15) is 17.2 Å². The van der Waals surface area contributed by atoms with Gasteiger partial charge in [0.2, 0.25) is 0 Å². The molecule has 1 atom stereocenters. The lowest BCUT2D eigenvalue weighted by Gasteiger charge is -2.22. The number of carboxylic acid groups (broad SMARTS) is 1. The van der Waals surface area contributed by atoms with Crippen molar-refractivity contribution in [3.8, 4) is 5.75 Å². The molecule has 0 radical (unpaired) electrons. The number of carboxylic acids is 1.